The van der Waals surface area contributed by atoms with E-state index in [-0.39, 0.29) is 0 Å². The van der Waals surface area contributed by atoms with Gasteiger partial charge >= 0.3 is 0 Å². The number of nitrogens with zero attached hydrogens (tertiary/aromatic N) is 1. The molecule has 2 nitrogen and oxygen atoms in total. The van der Waals surface area contributed by atoms with E-state index in [1.165, 1.54) is 24.3 Å². The molecule has 1 heterocycles. The zero-order valence-corrected chi connectivity index (χ0v) is 9.66. The van der Waals surface area contributed by atoms with Crippen LogP contribution in [0.15, 0.2) is 24.3 Å². The predicted molar refractivity (Wildman–Crippen MR) is 65.2 cm³/mol. The van der Waals surface area contributed by atoms with Gasteiger partial charge in [0, 0.05) is 18.8 Å². The summed E-state index contributed by atoms with van der Waals surface area (Å²) in [6.07, 6.45) is 0.978. The fourth-order valence-corrected chi connectivity index (χ4v) is 2.21. The van der Waals surface area contributed by atoms with E-state index in [0.29, 0.717) is 5.41 Å². The van der Waals surface area contributed by atoms with Gasteiger partial charge in [0.1, 0.15) is 0 Å². The molecule has 15 heavy (non-hydrogen) atoms. The van der Waals surface area contributed by atoms with Crippen molar-refractivity contribution in [2.45, 2.75) is 20.3 Å². The van der Waals surface area contributed by atoms with E-state index in [1.807, 2.05) is 0 Å². The Kier molecular flexibility index (Phi) is 2.70. The Morgan fingerprint density at radius 3 is 2.27 bits per heavy atom. The predicted octanol–water partition coefficient (Wildman–Crippen LogP) is 2.03. The minimum Gasteiger partial charge on any atom is -0.370 e. The third kappa shape index (κ3) is 2.32. The van der Waals surface area contributed by atoms with Crippen molar-refractivity contribution in [2.75, 3.05) is 24.5 Å². The summed E-state index contributed by atoms with van der Waals surface area (Å²) in [5, 5.41) is 0. The first-order valence-electron chi connectivity index (χ1n) is 5.65. The highest BCUT2D eigenvalue weighted by Gasteiger charge is 2.33. The van der Waals surface area contributed by atoms with Crippen LogP contribution < -0.4 is 10.6 Å². The Hall–Kier alpha value is -1.02. The van der Waals surface area contributed by atoms with Crippen LogP contribution in [0.5, 0.6) is 0 Å². The van der Waals surface area contributed by atoms with Crippen LogP contribution in [0.2, 0.25) is 0 Å². The van der Waals surface area contributed by atoms with Crippen molar-refractivity contribution in [3.8, 4) is 0 Å². The second-order valence-electron chi connectivity index (χ2n) is 5.23. The van der Waals surface area contributed by atoms with Crippen molar-refractivity contribution in [2.24, 2.45) is 11.1 Å². The van der Waals surface area contributed by atoms with Crippen LogP contribution in [0.1, 0.15) is 19.4 Å². The highest BCUT2D eigenvalue weighted by atomic mass is 15.2. The Bertz CT molecular complexity index is 319. The molecular formula is C13H20N2. The van der Waals surface area contributed by atoms with Crippen molar-refractivity contribution >= 4 is 5.69 Å². The van der Waals surface area contributed by atoms with Gasteiger partial charge in [0.2, 0.25) is 0 Å². The number of rotatable bonds is 3. The molecule has 1 saturated heterocycles. The molecular weight excluding hydrogens is 184 g/mol. The first kappa shape index (κ1) is 10.5. The van der Waals surface area contributed by atoms with Crippen LogP contribution in [0.4, 0.5) is 5.69 Å². The van der Waals surface area contributed by atoms with E-state index in [1.54, 1.807) is 0 Å². The summed E-state index contributed by atoms with van der Waals surface area (Å²) in [5.41, 5.74) is 8.69. The van der Waals surface area contributed by atoms with E-state index in [4.69, 9.17) is 5.73 Å². The molecule has 0 aliphatic carbocycles. The lowest BCUT2D eigenvalue weighted by Gasteiger charge is -2.47. The molecule has 1 aromatic carbocycles. The maximum absolute atomic E-state index is 5.52. The standard InChI is InChI=1S/C13H20N2/c1-13(2)9-15(10-13)12-5-3-11(4-6-12)7-8-14/h3-6H,7-10,14H2,1-2H3. The third-order valence-corrected chi connectivity index (χ3v) is 2.97. The molecule has 1 aliphatic heterocycles. The molecule has 0 saturated carbocycles. The van der Waals surface area contributed by atoms with Crippen LogP contribution in [-0.4, -0.2) is 19.6 Å². The molecule has 0 spiro atoms. The van der Waals surface area contributed by atoms with Crippen LogP contribution in [0, 0.1) is 5.41 Å². The molecule has 0 unspecified atom stereocenters. The van der Waals surface area contributed by atoms with Crippen LogP contribution >= 0.6 is 0 Å². The molecule has 0 radical (unpaired) electrons. The summed E-state index contributed by atoms with van der Waals surface area (Å²) in [6, 6.07) is 8.79. The fraction of sp³-hybridized carbons (Fsp3) is 0.538. The van der Waals surface area contributed by atoms with Gasteiger partial charge in [0.05, 0.1) is 0 Å². The lowest BCUT2D eigenvalue weighted by molar-refractivity contribution is 0.276. The highest BCUT2D eigenvalue weighted by Crippen LogP contribution is 2.33. The van der Waals surface area contributed by atoms with Crippen molar-refractivity contribution in [1.82, 2.24) is 0 Å². The fourth-order valence-electron chi connectivity index (χ4n) is 2.21. The van der Waals surface area contributed by atoms with Crippen molar-refractivity contribution < 1.29 is 0 Å². The van der Waals surface area contributed by atoms with E-state index < -0.39 is 0 Å². The van der Waals surface area contributed by atoms with Gasteiger partial charge in [0.25, 0.3) is 0 Å². The zero-order valence-electron chi connectivity index (χ0n) is 9.66. The first-order valence-corrected chi connectivity index (χ1v) is 5.65. The van der Waals surface area contributed by atoms with Gasteiger partial charge in [-0.2, -0.15) is 0 Å². The van der Waals surface area contributed by atoms with Crippen LogP contribution in [0.25, 0.3) is 0 Å². The molecule has 0 aromatic heterocycles. The molecule has 1 aliphatic rings. The normalized spacial score (nSPS) is 18.7. The number of nitrogens with two attached hydrogens (primary N) is 1. The van der Waals surface area contributed by atoms with E-state index in [9.17, 15) is 0 Å². The SMILES string of the molecule is CC1(C)CN(c2ccc(CCN)cc2)C1. The minimum atomic E-state index is 0.496. The van der Waals surface area contributed by atoms with Crippen molar-refractivity contribution in [3.05, 3.63) is 29.8 Å². The minimum absolute atomic E-state index is 0.496. The summed E-state index contributed by atoms with van der Waals surface area (Å²) in [4.78, 5) is 2.42. The van der Waals surface area contributed by atoms with Gasteiger partial charge in [-0.25, -0.2) is 0 Å². The molecule has 1 aromatic rings. The Labute approximate surface area is 92.1 Å². The summed E-state index contributed by atoms with van der Waals surface area (Å²) in [5.74, 6) is 0. The summed E-state index contributed by atoms with van der Waals surface area (Å²) >= 11 is 0. The average Bonchev–Trinajstić information content (AvgIpc) is 2.16. The molecule has 0 atom stereocenters. The smallest absolute Gasteiger partial charge is 0.0366 e. The zero-order chi connectivity index (χ0) is 10.9. The second kappa shape index (κ2) is 3.86. The molecule has 2 rings (SSSR count). The van der Waals surface area contributed by atoms with Crippen molar-refractivity contribution in [1.29, 1.82) is 0 Å². The van der Waals surface area contributed by atoms with Gasteiger partial charge in [-0.1, -0.05) is 26.0 Å². The highest BCUT2D eigenvalue weighted by molar-refractivity contribution is 5.50. The van der Waals surface area contributed by atoms with E-state index in [2.05, 4.69) is 43.0 Å². The van der Waals surface area contributed by atoms with Crippen molar-refractivity contribution in [3.63, 3.8) is 0 Å². The average molecular weight is 204 g/mol. The monoisotopic (exact) mass is 204 g/mol. The maximum Gasteiger partial charge on any atom is 0.0366 e. The summed E-state index contributed by atoms with van der Waals surface area (Å²) in [6.45, 7) is 7.70. The molecule has 2 N–H and O–H groups in total. The maximum atomic E-state index is 5.52. The van der Waals surface area contributed by atoms with Crippen LogP contribution in [0.3, 0.4) is 0 Å². The van der Waals surface area contributed by atoms with Gasteiger partial charge in [-0.05, 0) is 36.1 Å². The van der Waals surface area contributed by atoms with E-state index >= 15 is 0 Å². The molecule has 2 heteroatoms. The summed E-state index contributed by atoms with van der Waals surface area (Å²) < 4.78 is 0. The Balaban J connectivity index is 1.99. The lowest BCUT2D eigenvalue weighted by Crippen LogP contribution is -2.53. The number of hydrogen-bond acceptors (Lipinski definition) is 2. The topological polar surface area (TPSA) is 29.3 Å². The number of benzene rings is 1. The summed E-state index contributed by atoms with van der Waals surface area (Å²) in [7, 11) is 0. The third-order valence-electron chi connectivity index (χ3n) is 2.97. The number of anilines is 1. The largest absolute Gasteiger partial charge is 0.370 e. The molecule has 0 bridgehead atoms. The second-order valence-corrected chi connectivity index (χ2v) is 5.23. The van der Waals surface area contributed by atoms with Crippen LogP contribution in [-0.2, 0) is 6.42 Å². The molecule has 82 valence electrons. The van der Waals surface area contributed by atoms with Gasteiger partial charge < -0.3 is 10.6 Å². The van der Waals surface area contributed by atoms with Gasteiger partial charge in [-0.15, -0.1) is 0 Å². The quantitative estimate of drug-likeness (QED) is 0.816. The van der Waals surface area contributed by atoms with Gasteiger partial charge in [-0.3, -0.25) is 0 Å². The lowest BCUT2D eigenvalue weighted by atomic mass is 9.84. The first-order chi connectivity index (χ1) is 7.11. The molecule has 0 amide bonds. The number of hydrogen-bond donors (Lipinski definition) is 1. The van der Waals surface area contributed by atoms with Gasteiger partial charge in [0.15, 0.2) is 0 Å². The molecule has 1 fully saturated rings. The Morgan fingerprint density at radius 2 is 1.80 bits per heavy atom. The van der Waals surface area contributed by atoms with E-state index in [0.717, 1.165) is 13.0 Å². The Morgan fingerprint density at radius 1 is 1.20 bits per heavy atom.